The Bertz CT molecular complexity index is 1460. The van der Waals surface area contributed by atoms with Gasteiger partial charge in [-0.25, -0.2) is 4.79 Å². The fourth-order valence-electron chi connectivity index (χ4n) is 5.16. The van der Waals surface area contributed by atoms with E-state index < -0.39 is 6.04 Å². The minimum atomic E-state index is -0.662. The van der Waals surface area contributed by atoms with E-state index in [2.05, 4.69) is 10.6 Å². The number of fused-ring (bicyclic) bond motifs is 1. The summed E-state index contributed by atoms with van der Waals surface area (Å²) in [4.78, 5) is 29.4. The number of Topliss-reactive ketones (excluding diaryl/α,β-unsaturated/α-hetero) is 1. The first-order valence-electron chi connectivity index (χ1n) is 12.1. The predicted octanol–water partition coefficient (Wildman–Crippen LogP) is 6.81. The summed E-state index contributed by atoms with van der Waals surface area (Å²) >= 11 is 6.21. The Balaban J connectivity index is 1.49. The van der Waals surface area contributed by atoms with E-state index in [0.717, 1.165) is 22.7 Å². The highest BCUT2D eigenvalue weighted by Gasteiger charge is 2.42. The molecule has 0 saturated heterocycles. The molecule has 1 aliphatic heterocycles. The maximum atomic E-state index is 13.9. The van der Waals surface area contributed by atoms with Crippen LogP contribution in [0, 0.1) is 0 Å². The van der Waals surface area contributed by atoms with Crippen LogP contribution in [0.5, 0.6) is 0 Å². The molecule has 0 radical (unpaired) electrons. The third-order valence-electron chi connectivity index (χ3n) is 6.83. The molecule has 3 heterocycles. The third kappa shape index (κ3) is 4.42. The van der Waals surface area contributed by atoms with Crippen molar-refractivity contribution in [1.29, 1.82) is 0 Å². The van der Waals surface area contributed by atoms with Gasteiger partial charge in [-0.05, 0) is 60.5 Å². The van der Waals surface area contributed by atoms with Crippen molar-refractivity contribution in [2.45, 2.75) is 31.3 Å². The molecule has 37 heavy (non-hydrogen) atoms. The number of halogens is 1. The van der Waals surface area contributed by atoms with E-state index in [9.17, 15) is 9.59 Å². The molecule has 0 fully saturated rings. The van der Waals surface area contributed by atoms with Crippen LogP contribution >= 0.6 is 11.6 Å². The number of furan rings is 2. The lowest BCUT2D eigenvalue weighted by atomic mass is 9.80. The Kier molecular flexibility index (Phi) is 6.06. The van der Waals surface area contributed by atoms with E-state index in [4.69, 9.17) is 20.4 Å². The summed E-state index contributed by atoms with van der Waals surface area (Å²) in [6.45, 7) is 0.214. The average Bonchev–Trinajstić information content (AvgIpc) is 3.60. The molecular formula is C29H24ClN3O4. The fraction of sp³-hybridized carbons (Fsp3) is 0.172. The van der Waals surface area contributed by atoms with Crippen molar-refractivity contribution in [2.75, 3.05) is 10.2 Å². The van der Waals surface area contributed by atoms with Crippen LogP contribution in [0.25, 0.3) is 0 Å². The van der Waals surface area contributed by atoms with E-state index in [1.807, 2.05) is 48.5 Å². The van der Waals surface area contributed by atoms with Crippen molar-refractivity contribution >= 4 is 34.8 Å². The third-order valence-corrected chi connectivity index (χ3v) is 7.08. The molecule has 2 aromatic carbocycles. The van der Waals surface area contributed by atoms with Gasteiger partial charge in [0.25, 0.3) is 0 Å². The number of hydrogen-bond donors (Lipinski definition) is 2. The second-order valence-electron chi connectivity index (χ2n) is 9.14. The van der Waals surface area contributed by atoms with E-state index in [1.165, 1.54) is 0 Å². The van der Waals surface area contributed by atoms with E-state index in [-0.39, 0.29) is 30.7 Å². The molecule has 0 spiro atoms. The molecule has 4 aromatic rings. The molecule has 2 aromatic heterocycles. The van der Waals surface area contributed by atoms with Crippen LogP contribution < -0.4 is 15.5 Å². The maximum absolute atomic E-state index is 13.9. The van der Waals surface area contributed by atoms with Gasteiger partial charge in [0.05, 0.1) is 36.5 Å². The highest BCUT2D eigenvalue weighted by Crippen LogP contribution is 2.47. The van der Waals surface area contributed by atoms with Crippen molar-refractivity contribution in [1.82, 2.24) is 5.32 Å². The number of anilines is 2. The van der Waals surface area contributed by atoms with E-state index in [1.54, 1.807) is 41.7 Å². The minimum Gasteiger partial charge on any atom is -0.469 e. The lowest BCUT2D eigenvalue weighted by molar-refractivity contribution is -0.116. The molecule has 1 aliphatic carbocycles. The summed E-state index contributed by atoms with van der Waals surface area (Å²) < 4.78 is 11.1. The van der Waals surface area contributed by atoms with E-state index in [0.29, 0.717) is 28.5 Å². The standard InChI is InChI=1S/C29H24ClN3O4/c30-20-11-9-18(10-12-20)28-27-23(15-19(16-25(27)34)26-8-4-14-37-26)32-22-6-1-2-7-24(22)33(28)29(35)31-17-21-5-3-13-36-21/h1-14,19,28,32H,15-17H2,(H,31,35)/t19-,28-/m0/s1. The molecule has 186 valence electrons. The molecule has 0 saturated carbocycles. The van der Waals surface area contributed by atoms with Crippen LogP contribution in [0.4, 0.5) is 16.2 Å². The number of ketones is 1. The Labute approximate surface area is 218 Å². The Morgan fingerprint density at radius 1 is 0.973 bits per heavy atom. The highest BCUT2D eigenvalue weighted by atomic mass is 35.5. The molecule has 2 atom stereocenters. The molecular weight excluding hydrogens is 490 g/mol. The fourth-order valence-corrected chi connectivity index (χ4v) is 5.29. The second kappa shape index (κ2) is 9.67. The van der Waals surface area contributed by atoms with Gasteiger partial charge in [-0.2, -0.15) is 0 Å². The summed E-state index contributed by atoms with van der Waals surface area (Å²) in [6.07, 6.45) is 4.06. The summed E-state index contributed by atoms with van der Waals surface area (Å²) in [5.74, 6) is 1.28. The van der Waals surface area contributed by atoms with Crippen molar-refractivity contribution in [3.63, 3.8) is 0 Å². The van der Waals surface area contributed by atoms with Crippen LogP contribution in [0.2, 0.25) is 5.02 Å². The van der Waals surface area contributed by atoms with Gasteiger partial charge in [-0.3, -0.25) is 9.69 Å². The monoisotopic (exact) mass is 513 g/mol. The smallest absolute Gasteiger partial charge is 0.323 e. The number of rotatable bonds is 4. The Hall–Kier alpha value is -4.23. The predicted molar refractivity (Wildman–Crippen MR) is 140 cm³/mol. The van der Waals surface area contributed by atoms with Crippen LogP contribution in [0.1, 0.15) is 41.9 Å². The number of urea groups is 1. The number of carbonyl (C=O) groups excluding carboxylic acids is 2. The zero-order valence-corrected chi connectivity index (χ0v) is 20.6. The molecule has 0 bridgehead atoms. The zero-order chi connectivity index (χ0) is 25.4. The lowest BCUT2D eigenvalue weighted by Gasteiger charge is -2.34. The number of benzene rings is 2. The summed E-state index contributed by atoms with van der Waals surface area (Å²) in [7, 11) is 0. The molecule has 2 aliphatic rings. The zero-order valence-electron chi connectivity index (χ0n) is 19.8. The maximum Gasteiger partial charge on any atom is 0.323 e. The number of allylic oxidation sites excluding steroid dienone is 1. The number of amides is 2. The number of hydrogen-bond acceptors (Lipinski definition) is 5. The molecule has 2 N–H and O–H groups in total. The molecule has 2 amide bonds. The first-order chi connectivity index (χ1) is 18.1. The summed E-state index contributed by atoms with van der Waals surface area (Å²) in [6, 6.07) is 21.2. The SMILES string of the molecule is O=C1C[C@@H](c2ccco2)CC2=C1[C@H](c1ccc(Cl)cc1)N(C(=O)NCc1ccco1)c1ccccc1N2. The van der Waals surface area contributed by atoms with Gasteiger partial charge >= 0.3 is 6.03 Å². The molecule has 7 nitrogen and oxygen atoms in total. The quantitative estimate of drug-likeness (QED) is 0.313. The van der Waals surface area contributed by atoms with Crippen LogP contribution in [-0.4, -0.2) is 11.8 Å². The summed E-state index contributed by atoms with van der Waals surface area (Å²) in [5, 5.41) is 7.04. The number of carbonyl (C=O) groups is 2. The van der Waals surface area contributed by atoms with Crippen molar-refractivity contribution in [2.24, 2.45) is 0 Å². The lowest BCUT2D eigenvalue weighted by Crippen LogP contribution is -2.44. The molecule has 0 unspecified atom stereocenters. The first kappa shape index (κ1) is 23.2. The van der Waals surface area contributed by atoms with Gasteiger partial charge in [0.1, 0.15) is 11.5 Å². The highest BCUT2D eigenvalue weighted by molar-refractivity contribution is 6.30. The van der Waals surface area contributed by atoms with Gasteiger partial charge in [-0.1, -0.05) is 35.9 Å². The molecule has 8 heteroatoms. The Morgan fingerprint density at radius 2 is 1.76 bits per heavy atom. The van der Waals surface area contributed by atoms with Crippen LogP contribution in [-0.2, 0) is 11.3 Å². The van der Waals surface area contributed by atoms with Crippen molar-refractivity contribution < 1.29 is 18.4 Å². The van der Waals surface area contributed by atoms with Crippen molar-refractivity contribution in [3.8, 4) is 0 Å². The Morgan fingerprint density at radius 3 is 2.51 bits per heavy atom. The van der Waals surface area contributed by atoms with Crippen LogP contribution in [0.15, 0.2) is 105 Å². The van der Waals surface area contributed by atoms with Crippen LogP contribution in [0.3, 0.4) is 0 Å². The number of para-hydroxylation sites is 2. The van der Waals surface area contributed by atoms with Gasteiger partial charge in [-0.15, -0.1) is 0 Å². The summed E-state index contributed by atoms with van der Waals surface area (Å²) in [5.41, 5.74) is 3.54. The topological polar surface area (TPSA) is 87.7 Å². The average molecular weight is 514 g/mol. The van der Waals surface area contributed by atoms with Gasteiger partial charge in [0, 0.05) is 28.6 Å². The minimum absolute atomic E-state index is 0.0354. The van der Waals surface area contributed by atoms with Gasteiger partial charge in [0.15, 0.2) is 5.78 Å². The largest absolute Gasteiger partial charge is 0.469 e. The van der Waals surface area contributed by atoms with Gasteiger partial charge in [0.2, 0.25) is 0 Å². The second-order valence-corrected chi connectivity index (χ2v) is 9.58. The number of nitrogens with one attached hydrogen (secondary N) is 2. The van der Waals surface area contributed by atoms with E-state index >= 15 is 0 Å². The van der Waals surface area contributed by atoms with Crippen molar-refractivity contribution in [3.05, 3.63) is 119 Å². The number of nitrogens with zero attached hydrogens (tertiary/aromatic N) is 1. The van der Waals surface area contributed by atoms with Gasteiger partial charge < -0.3 is 19.5 Å². The first-order valence-corrected chi connectivity index (χ1v) is 12.5. The normalized spacial score (nSPS) is 19.1. The molecule has 6 rings (SSSR count).